The molecule has 0 unspecified atom stereocenters. The number of rotatable bonds is 8. The van der Waals surface area contributed by atoms with Crippen LogP contribution in [0.4, 0.5) is 36.4 Å². The van der Waals surface area contributed by atoms with E-state index in [2.05, 4.69) is 10.1 Å². The van der Waals surface area contributed by atoms with E-state index < -0.39 is 30.0 Å². The summed E-state index contributed by atoms with van der Waals surface area (Å²) < 4.78 is 97.0. The zero-order valence-corrected chi connectivity index (χ0v) is 19.7. The van der Waals surface area contributed by atoms with Crippen molar-refractivity contribution < 1.29 is 40.6 Å². The molecule has 0 amide bonds. The first-order valence-electron chi connectivity index (χ1n) is 11.3. The molecule has 11 heteroatoms. The molecule has 0 aliphatic carbocycles. The van der Waals surface area contributed by atoms with Crippen LogP contribution in [0.25, 0.3) is 16.9 Å². The maximum atomic E-state index is 13.5. The maximum absolute atomic E-state index is 13.5. The fraction of sp³-hybridized carbons (Fsp3) is 0.185. The van der Waals surface area contributed by atoms with E-state index in [1.165, 1.54) is 22.8 Å². The van der Waals surface area contributed by atoms with Crippen LogP contribution in [0.1, 0.15) is 24.1 Å². The Balaban J connectivity index is 1.80. The fourth-order valence-electron chi connectivity index (χ4n) is 3.86. The third-order valence-electron chi connectivity index (χ3n) is 5.74. The summed E-state index contributed by atoms with van der Waals surface area (Å²) in [5, 5.41) is 14.2. The van der Waals surface area contributed by atoms with Gasteiger partial charge in [-0.05, 0) is 55.0 Å². The van der Waals surface area contributed by atoms with Crippen LogP contribution < -0.4 is 10.1 Å². The zero-order valence-electron chi connectivity index (χ0n) is 19.7. The molecule has 4 rings (SSSR count). The molecular formula is C27H21F7N2O2. The summed E-state index contributed by atoms with van der Waals surface area (Å²) in [5.41, 5.74) is 0.644. The van der Waals surface area contributed by atoms with Gasteiger partial charge in [-0.3, -0.25) is 4.57 Å². The van der Waals surface area contributed by atoms with Crippen molar-refractivity contribution in [1.82, 2.24) is 4.57 Å². The number of benzene rings is 3. The van der Waals surface area contributed by atoms with Crippen LogP contribution in [0, 0.1) is 0 Å². The molecule has 1 heterocycles. The number of anilines is 1. The highest BCUT2D eigenvalue weighted by Gasteiger charge is 2.44. The molecule has 0 spiro atoms. The highest BCUT2D eigenvalue weighted by atomic mass is 19.4. The molecule has 0 radical (unpaired) electrons. The second-order valence-electron chi connectivity index (χ2n) is 8.42. The molecule has 0 bridgehead atoms. The van der Waals surface area contributed by atoms with Gasteiger partial charge in [0, 0.05) is 17.3 Å². The second-order valence-corrected chi connectivity index (χ2v) is 8.42. The van der Waals surface area contributed by atoms with Gasteiger partial charge in [-0.15, -0.1) is 0 Å². The van der Waals surface area contributed by atoms with Crippen LogP contribution in [0.5, 0.6) is 11.6 Å². The summed E-state index contributed by atoms with van der Waals surface area (Å²) >= 11 is 0. The van der Waals surface area contributed by atoms with E-state index in [0.717, 1.165) is 42.0 Å². The molecule has 200 valence electrons. The van der Waals surface area contributed by atoms with Crippen LogP contribution in [0.15, 0.2) is 84.9 Å². The fourth-order valence-corrected chi connectivity index (χ4v) is 3.86. The van der Waals surface area contributed by atoms with Crippen molar-refractivity contribution in [1.29, 1.82) is 0 Å². The normalized spacial score (nSPS) is 13.0. The molecule has 3 aromatic carbocycles. The van der Waals surface area contributed by atoms with E-state index in [1.807, 2.05) is 37.3 Å². The van der Waals surface area contributed by atoms with Crippen LogP contribution in [0.2, 0.25) is 0 Å². The van der Waals surface area contributed by atoms with E-state index >= 15 is 0 Å². The number of halogens is 7. The standard InChI is InChI=1S/C27H21F7N2O2/c1-16(17-6-3-2-4-7-17)35-22-15-23(18-8-5-9-21(14-18)38-27(33,34)25(28)29)36(24(22)37)20-12-10-19(11-13-20)26(30,31)32/h2-16,25,35,37H,1H3/t16-/m1/s1. The third-order valence-corrected chi connectivity index (χ3v) is 5.74. The molecule has 0 saturated carbocycles. The molecule has 1 aromatic heterocycles. The summed E-state index contributed by atoms with van der Waals surface area (Å²) in [7, 11) is 0. The predicted molar refractivity (Wildman–Crippen MR) is 128 cm³/mol. The number of aromatic hydroxyl groups is 1. The van der Waals surface area contributed by atoms with Gasteiger partial charge in [0.15, 0.2) is 0 Å². The van der Waals surface area contributed by atoms with Crippen LogP contribution in [-0.4, -0.2) is 22.2 Å². The summed E-state index contributed by atoms with van der Waals surface area (Å²) in [6.07, 6.45) is -13.4. The maximum Gasteiger partial charge on any atom is 0.461 e. The van der Waals surface area contributed by atoms with Gasteiger partial charge in [0.05, 0.1) is 16.9 Å². The van der Waals surface area contributed by atoms with Crippen molar-refractivity contribution in [3.8, 4) is 28.6 Å². The highest BCUT2D eigenvalue weighted by Crippen LogP contribution is 2.41. The number of ether oxygens (including phenoxy) is 1. The quantitative estimate of drug-likeness (QED) is 0.222. The van der Waals surface area contributed by atoms with Crippen LogP contribution in [-0.2, 0) is 6.18 Å². The first kappa shape index (κ1) is 26.9. The average Bonchev–Trinajstić information content (AvgIpc) is 3.19. The lowest BCUT2D eigenvalue weighted by Gasteiger charge is -2.18. The van der Waals surface area contributed by atoms with E-state index in [-0.39, 0.29) is 34.6 Å². The lowest BCUT2D eigenvalue weighted by molar-refractivity contribution is -0.253. The minimum atomic E-state index is -4.74. The lowest BCUT2D eigenvalue weighted by atomic mass is 10.1. The van der Waals surface area contributed by atoms with Crippen molar-refractivity contribution in [2.45, 2.75) is 31.7 Å². The summed E-state index contributed by atoms with van der Waals surface area (Å²) in [6.45, 7) is 1.82. The van der Waals surface area contributed by atoms with Gasteiger partial charge in [0.2, 0.25) is 5.88 Å². The third kappa shape index (κ3) is 5.71. The molecule has 4 nitrogen and oxygen atoms in total. The summed E-state index contributed by atoms with van der Waals surface area (Å²) in [4.78, 5) is 0. The van der Waals surface area contributed by atoms with Crippen molar-refractivity contribution >= 4 is 5.69 Å². The SMILES string of the molecule is C[C@@H](Nc1cc(-c2cccc(OC(F)(F)C(F)F)c2)n(-c2ccc(C(F)(F)F)cc2)c1O)c1ccccc1. The first-order valence-corrected chi connectivity index (χ1v) is 11.3. The lowest BCUT2D eigenvalue weighted by Crippen LogP contribution is -2.33. The minimum absolute atomic E-state index is 0.134. The van der Waals surface area contributed by atoms with Gasteiger partial charge in [0.25, 0.3) is 0 Å². The van der Waals surface area contributed by atoms with E-state index in [0.29, 0.717) is 0 Å². The number of alkyl halides is 7. The molecule has 38 heavy (non-hydrogen) atoms. The van der Waals surface area contributed by atoms with Gasteiger partial charge in [-0.1, -0.05) is 42.5 Å². The van der Waals surface area contributed by atoms with E-state index in [4.69, 9.17) is 0 Å². The summed E-state index contributed by atoms with van der Waals surface area (Å²) in [5.74, 6) is -0.939. The van der Waals surface area contributed by atoms with Gasteiger partial charge in [-0.25, -0.2) is 0 Å². The number of aromatic nitrogens is 1. The Morgan fingerprint density at radius 3 is 2.11 bits per heavy atom. The van der Waals surface area contributed by atoms with E-state index in [1.54, 1.807) is 0 Å². The summed E-state index contributed by atoms with van der Waals surface area (Å²) in [6, 6.07) is 19.2. The average molecular weight is 538 g/mol. The predicted octanol–water partition coefficient (Wildman–Crippen LogP) is 8.28. The molecule has 1 atom stereocenters. The van der Waals surface area contributed by atoms with E-state index in [9.17, 15) is 35.8 Å². The Hall–Kier alpha value is -4.15. The van der Waals surface area contributed by atoms with Crippen molar-refractivity contribution in [3.63, 3.8) is 0 Å². The van der Waals surface area contributed by atoms with Crippen molar-refractivity contribution in [2.24, 2.45) is 0 Å². The molecule has 0 aliphatic heterocycles. The molecule has 0 saturated heterocycles. The topological polar surface area (TPSA) is 46.4 Å². The Bertz CT molecular complexity index is 1390. The van der Waals surface area contributed by atoms with Crippen LogP contribution >= 0.6 is 0 Å². The Morgan fingerprint density at radius 1 is 0.842 bits per heavy atom. The largest absolute Gasteiger partial charge is 0.493 e. The molecule has 2 N–H and O–H groups in total. The molecule has 4 aromatic rings. The number of nitrogens with one attached hydrogen (secondary N) is 1. The van der Waals surface area contributed by atoms with Crippen LogP contribution in [0.3, 0.4) is 0 Å². The highest BCUT2D eigenvalue weighted by molar-refractivity contribution is 5.75. The van der Waals surface area contributed by atoms with Gasteiger partial charge >= 0.3 is 18.7 Å². The zero-order chi connectivity index (χ0) is 27.7. The Morgan fingerprint density at radius 2 is 1.50 bits per heavy atom. The second kappa shape index (κ2) is 10.3. The minimum Gasteiger partial charge on any atom is -0.493 e. The molecule has 0 aliphatic rings. The Kier molecular flexibility index (Phi) is 7.30. The number of hydrogen-bond donors (Lipinski definition) is 2. The van der Waals surface area contributed by atoms with Crippen molar-refractivity contribution in [2.75, 3.05) is 5.32 Å². The van der Waals surface area contributed by atoms with Gasteiger partial charge in [-0.2, -0.15) is 30.7 Å². The Labute approximate surface area is 212 Å². The smallest absolute Gasteiger partial charge is 0.461 e. The number of hydrogen-bond acceptors (Lipinski definition) is 3. The van der Waals surface area contributed by atoms with Crippen molar-refractivity contribution in [3.05, 3.63) is 96.1 Å². The molecule has 0 fully saturated rings. The monoisotopic (exact) mass is 538 g/mol. The van der Waals surface area contributed by atoms with Gasteiger partial charge in [0.1, 0.15) is 5.75 Å². The number of nitrogens with zero attached hydrogens (tertiary/aromatic N) is 1. The molecular weight excluding hydrogens is 517 g/mol. The van der Waals surface area contributed by atoms with Gasteiger partial charge < -0.3 is 15.2 Å². The first-order chi connectivity index (χ1) is 17.9.